The number of nitrogens with two attached hydrogens (primary N) is 1. The number of rotatable bonds is 5. The second kappa shape index (κ2) is 6.20. The van der Waals surface area contributed by atoms with Crippen molar-refractivity contribution >= 4 is 23.4 Å². The first-order chi connectivity index (χ1) is 7.54. The van der Waals surface area contributed by atoms with E-state index in [1.54, 1.807) is 0 Å². The highest BCUT2D eigenvalue weighted by atomic mass is 35.5. The molecule has 0 aromatic carbocycles. The van der Waals surface area contributed by atoms with Gasteiger partial charge in [-0.2, -0.15) is 0 Å². The predicted octanol–water partition coefficient (Wildman–Crippen LogP) is 1.62. The van der Waals surface area contributed by atoms with Crippen molar-refractivity contribution in [2.45, 2.75) is 24.7 Å². The van der Waals surface area contributed by atoms with Crippen molar-refractivity contribution < 1.29 is 5.11 Å². The van der Waals surface area contributed by atoms with Gasteiger partial charge in [0, 0.05) is 23.6 Å². The second-order valence-corrected chi connectivity index (χ2v) is 4.66. The van der Waals surface area contributed by atoms with Gasteiger partial charge in [0.15, 0.2) is 5.16 Å². The van der Waals surface area contributed by atoms with Gasteiger partial charge in [-0.05, 0) is 6.92 Å². The fraction of sp³-hybridized carbons (Fsp3) is 0.400. The third kappa shape index (κ3) is 3.75. The van der Waals surface area contributed by atoms with Gasteiger partial charge in [0.25, 0.3) is 0 Å². The van der Waals surface area contributed by atoms with E-state index in [4.69, 9.17) is 22.4 Å². The molecule has 1 aromatic heterocycles. The van der Waals surface area contributed by atoms with Crippen molar-refractivity contribution in [1.82, 2.24) is 9.97 Å². The van der Waals surface area contributed by atoms with E-state index < -0.39 is 0 Å². The molecular formula is C10H14ClN3OS. The fourth-order valence-electron chi connectivity index (χ4n) is 0.835. The van der Waals surface area contributed by atoms with Crippen LogP contribution < -0.4 is 5.73 Å². The van der Waals surface area contributed by atoms with Gasteiger partial charge in [-0.3, -0.25) is 0 Å². The number of nitrogens with zero attached hydrogens (tertiary/aromatic N) is 2. The Hall–Kier alpha value is -0.620. The van der Waals surface area contributed by atoms with E-state index in [1.165, 1.54) is 18.0 Å². The summed E-state index contributed by atoms with van der Waals surface area (Å²) < 4.78 is 0. The number of halogens is 1. The summed E-state index contributed by atoms with van der Waals surface area (Å²) in [5.74, 6) is 0.659. The highest BCUT2D eigenvalue weighted by molar-refractivity contribution is 7.99. The molecule has 0 radical (unpaired) electrons. The van der Waals surface area contributed by atoms with Crippen molar-refractivity contribution in [1.29, 1.82) is 0 Å². The van der Waals surface area contributed by atoms with Gasteiger partial charge < -0.3 is 10.8 Å². The summed E-state index contributed by atoms with van der Waals surface area (Å²) in [5.41, 5.74) is 7.11. The number of hydrogen-bond acceptors (Lipinski definition) is 5. The van der Waals surface area contributed by atoms with E-state index >= 15 is 0 Å². The monoisotopic (exact) mass is 259 g/mol. The van der Waals surface area contributed by atoms with E-state index in [-0.39, 0.29) is 17.8 Å². The van der Waals surface area contributed by atoms with Crippen LogP contribution in [0, 0.1) is 0 Å². The zero-order valence-electron chi connectivity index (χ0n) is 8.98. The normalized spacial score (nSPS) is 12.5. The van der Waals surface area contributed by atoms with Gasteiger partial charge in [0.05, 0.1) is 6.61 Å². The lowest BCUT2D eigenvalue weighted by atomic mass is 10.2. The fourth-order valence-corrected chi connectivity index (χ4v) is 1.93. The highest BCUT2D eigenvalue weighted by Crippen LogP contribution is 2.20. The molecule has 0 bridgehead atoms. The van der Waals surface area contributed by atoms with Crippen molar-refractivity contribution in [3.05, 3.63) is 29.1 Å². The maximum Gasteiger partial charge on any atom is 0.189 e. The molecule has 1 unspecified atom stereocenters. The Balaban J connectivity index is 2.62. The third-order valence-corrected chi connectivity index (χ3v) is 3.29. The number of aromatic nitrogens is 2. The van der Waals surface area contributed by atoms with Crippen LogP contribution in [-0.4, -0.2) is 26.9 Å². The van der Waals surface area contributed by atoms with Crippen LogP contribution in [0.3, 0.4) is 0 Å². The molecule has 0 amide bonds. The van der Waals surface area contributed by atoms with E-state index in [9.17, 15) is 0 Å². The summed E-state index contributed by atoms with van der Waals surface area (Å²) in [6.45, 7) is 5.58. The summed E-state index contributed by atoms with van der Waals surface area (Å²) in [5, 5.41) is 9.74. The molecule has 88 valence electrons. The third-order valence-electron chi connectivity index (χ3n) is 1.99. The van der Waals surface area contributed by atoms with Gasteiger partial charge in [-0.1, -0.05) is 35.5 Å². The van der Waals surface area contributed by atoms with Crippen molar-refractivity contribution in [3.63, 3.8) is 0 Å². The molecule has 0 aliphatic heterocycles. The summed E-state index contributed by atoms with van der Waals surface area (Å²) >= 11 is 7.26. The van der Waals surface area contributed by atoms with E-state index in [2.05, 4.69) is 16.5 Å². The molecule has 0 aliphatic rings. The van der Waals surface area contributed by atoms with Crippen LogP contribution in [0.5, 0.6) is 0 Å². The number of hydrogen-bond donors (Lipinski definition) is 2. The summed E-state index contributed by atoms with van der Waals surface area (Å²) in [7, 11) is 0. The average molecular weight is 260 g/mol. The molecule has 1 heterocycles. The standard InChI is InChI=1S/C10H14ClN3OS/c1-6(7(2)12)5-16-10-13-3-8(4-15)9(11)14-10/h3,7,15H,1,4-5,12H2,2H3. The lowest BCUT2D eigenvalue weighted by molar-refractivity contribution is 0.280. The Bertz CT molecular complexity index is 384. The quantitative estimate of drug-likeness (QED) is 0.364. The van der Waals surface area contributed by atoms with E-state index in [0.29, 0.717) is 16.5 Å². The first-order valence-electron chi connectivity index (χ1n) is 4.73. The minimum Gasteiger partial charge on any atom is -0.392 e. The number of aliphatic hydroxyl groups is 1. The van der Waals surface area contributed by atoms with Gasteiger partial charge >= 0.3 is 0 Å². The number of thioether (sulfide) groups is 1. The summed E-state index contributed by atoms with van der Waals surface area (Å²) in [4.78, 5) is 8.12. The summed E-state index contributed by atoms with van der Waals surface area (Å²) in [6.07, 6.45) is 1.52. The van der Waals surface area contributed by atoms with Crippen molar-refractivity contribution in [2.24, 2.45) is 5.73 Å². The molecule has 0 saturated heterocycles. The van der Waals surface area contributed by atoms with E-state index in [1.807, 2.05) is 6.92 Å². The lowest BCUT2D eigenvalue weighted by Gasteiger charge is -2.08. The van der Waals surface area contributed by atoms with Crippen LogP contribution >= 0.6 is 23.4 Å². The Morgan fingerprint density at radius 3 is 2.94 bits per heavy atom. The minimum atomic E-state index is -0.156. The second-order valence-electron chi connectivity index (χ2n) is 3.36. The molecule has 16 heavy (non-hydrogen) atoms. The summed E-state index contributed by atoms with van der Waals surface area (Å²) in [6, 6.07) is -0.0420. The van der Waals surface area contributed by atoms with Crippen LogP contribution in [0.4, 0.5) is 0 Å². The molecule has 0 spiro atoms. The zero-order valence-corrected chi connectivity index (χ0v) is 10.6. The van der Waals surface area contributed by atoms with Gasteiger partial charge in [0.2, 0.25) is 0 Å². The molecule has 1 aromatic rings. The molecule has 0 aliphatic carbocycles. The van der Waals surface area contributed by atoms with Gasteiger partial charge in [0.1, 0.15) is 5.15 Å². The Kier molecular flexibility index (Phi) is 5.21. The van der Waals surface area contributed by atoms with Crippen molar-refractivity contribution in [2.75, 3.05) is 5.75 Å². The van der Waals surface area contributed by atoms with Crippen LogP contribution in [0.15, 0.2) is 23.5 Å². The van der Waals surface area contributed by atoms with Crippen LogP contribution in [0.25, 0.3) is 0 Å². The molecule has 4 nitrogen and oxygen atoms in total. The minimum absolute atomic E-state index is 0.0420. The molecule has 1 atom stereocenters. The maximum atomic E-state index is 8.90. The molecule has 0 saturated carbocycles. The zero-order chi connectivity index (χ0) is 12.1. The Morgan fingerprint density at radius 2 is 2.44 bits per heavy atom. The molecule has 0 fully saturated rings. The largest absolute Gasteiger partial charge is 0.392 e. The molecule has 1 rings (SSSR count). The molecule has 6 heteroatoms. The Labute approximate surface area is 104 Å². The predicted molar refractivity (Wildman–Crippen MR) is 66.5 cm³/mol. The van der Waals surface area contributed by atoms with Gasteiger partial charge in [-0.25, -0.2) is 9.97 Å². The molecule has 3 N–H and O–H groups in total. The van der Waals surface area contributed by atoms with Crippen LogP contribution in [0.2, 0.25) is 5.15 Å². The smallest absolute Gasteiger partial charge is 0.189 e. The first-order valence-corrected chi connectivity index (χ1v) is 6.09. The van der Waals surface area contributed by atoms with Crippen LogP contribution in [-0.2, 0) is 6.61 Å². The van der Waals surface area contributed by atoms with Crippen molar-refractivity contribution in [3.8, 4) is 0 Å². The topological polar surface area (TPSA) is 72.0 Å². The lowest BCUT2D eigenvalue weighted by Crippen LogP contribution is -2.18. The first kappa shape index (κ1) is 13.4. The van der Waals surface area contributed by atoms with E-state index in [0.717, 1.165) is 5.57 Å². The van der Waals surface area contributed by atoms with Gasteiger partial charge in [-0.15, -0.1) is 0 Å². The molecular weight excluding hydrogens is 246 g/mol. The Morgan fingerprint density at radius 1 is 1.75 bits per heavy atom. The SMILES string of the molecule is C=C(CSc1ncc(CO)c(Cl)n1)C(C)N. The highest BCUT2D eigenvalue weighted by Gasteiger charge is 2.06. The number of aliphatic hydroxyl groups excluding tert-OH is 1. The maximum absolute atomic E-state index is 8.90. The average Bonchev–Trinajstić information content (AvgIpc) is 2.25. The van der Waals surface area contributed by atoms with Crippen LogP contribution in [0.1, 0.15) is 12.5 Å².